The Bertz CT molecular complexity index is 1040. The molecule has 1 aliphatic rings. The molecule has 0 bridgehead atoms. The highest BCUT2D eigenvalue weighted by Crippen LogP contribution is 2.26. The van der Waals surface area contributed by atoms with Crippen molar-refractivity contribution in [1.29, 1.82) is 0 Å². The van der Waals surface area contributed by atoms with Gasteiger partial charge in [-0.2, -0.15) is 0 Å². The van der Waals surface area contributed by atoms with E-state index in [1.807, 2.05) is 29.2 Å². The van der Waals surface area contributed by atoms with Crippen LogP contribution in [0, 0.1) is 0 Å². The van der Waals surface area contributed by atoms with Crippen LogP contribution in [0.1, 0.15) is 37.7 Å². The van der Waals surface area contributed by atoms with Crippen molar-refractivity contribution in [2.24, 2.45) is 0 Å². The lowest BCUT2D eigenvalue weighted by molar-refractivity contribution is -0.670. The van der Waals surface area contributed by atoms with Gasteiger partial charge >= 0.3 is 5.63 Å². The molecule has 1 aliphatic heterocycles. The van der Waals surface area contributed by atoms with Gasteiger partial charge in [-0.15, -0.1) is 0 Å². The fraction of sp³-hybridized carbons (Fsp3) is 0.391. The first-order chi connectivity index (χ1) is 13.7. The molecule has 4 rings (SSSR count). The molecule has 0 unspecified atom stereocenters. The van der Waals surface area contributed by atoms with Gasteiger partial charge in [-0.25, -0.2) is 4.79 Å². The van der Waals surface area contributed by atoms with Crippen molar-refractivity contribution in [3.63, 3.8) is 0 Å². The second-order valence-electron chi connectivity index (χ2n) is 7.58. The van der Waals surface area contributed by atoms with Gasteiger partial charge in [0.05, 0.1) is 6.54 Å². The summed E-state index contributed by atoms with van der Waals surface area (Å²) < 4.78 is 5.43. The van der Waals surface area contributed by atoms with Gasteiger partial charge in [-0.05, 0) is 29.7 Å². The quantitative estimate of drug-likeness (QED) is 0.407. The zero-order valence-corrected chi connectivity index (χ0v) is 16.2. The van der Waals surface area contributed by atoms with Crippen LogP contribution >= 0.6 is 0 Å². The minimum absolute atomic E-state index is 0.302. The number of carbonyl (C=O) groups is 1. The number of nitrogens with two attached hydrogens (primary N) is 1. The Morgan fingerprint density at radius 2 is 1.93 bits per heavy atom. The van der Waals surface area contributed by atoms with Crippen LogP contribution in [0.15, 0.2) is 51.7 Å². The van der Waals surface area contributed by atoms with Crippen molar-refractivity contribution >= 4 is 27.6 Å². The lowest BCUT2D eigenvalue weighted by Crippen LogP contribution is -2.82. The maximum Gasteiger partial charge on any atom is 0.336 e. The zero-order chi connectivity index (χ0) is 19.3. The number of hydrogen-bond acceptors (Lipinski definition) is 3. The maximum absolute atomic E-state index is 12.1. The van der Waals surface area contributed by atoms with E-state index in [9.17, 15) is 9.59 Å². The molecule has 1 amide bonds. The average molecular weight is 379 g/mol. The van der Waals surface area contributed by atoms with Gasteiger partial charge < -0.3 is 14.6 Å². The molecule has 0 saturated carbocycles. The van der Waals surface area contributed by atoms with Crippen LogP contribution < -0.4 is 10.9 Å². The molecule has 1 fully saturated rings. The predicted molar refractivity (Wildman–Crippen MR) is 110 cm³/mol. The Morgan fingerprint density at radius 3 is 2.86 bits per heavy atom. The number of benzene rings is 2. The van der Waals surface area contributed by atoms with Crippen molar-refractivity contribution in [2.75, 3.05) is 19.6 Å². The summed E-state index contributed by atoms with van der Waals surface area (Å²) in [4.78, 5) is 26.1. The number of quaternary nitrogens is 1. The van der Waals surface area contributed by atoms with Gasteiger partial charge in [0, 0.05) is 42.9 Å². The molecule has 28 heavy (non-hydrogen) atoms. The minimum atomic E-state index is -0.304. The van der Waals surface area contributed by atoms with E-state index in [1.165, 1.54) is 0 Å². The first kappa shape index (κ1) is 18.7. The van der Waals surface area contributed by atoms with E-state index in [0.717, 1.165) is 73.6 Å². The summed E-state index contributed by atoms with van der Waals surface area (Å²) in [5.41, 5.74) is 1.35. The Kier molecular flexibility index (Phi) is 5.72. The molecule has 0 aliphatic carbocycles. The van der Waals surface area contributed by atoms with E-state index in [4.69, 9.17) is 4.42 Å². The van der Waals surface area contributed by atoms with Crippen molar-refractivity contribution in [1.82, 2.24) is 4.90 Å². The molecule has 5 heteroatoms. The van der Waals surface area contributed by atoms with E-state index in [0.29, 0.717) is 17.9 Å². The average Bonchev–Trinajstić information content (AvgIpc) is 2.91. The summed E-state index contributed by atoms with van der Waals surface area (Å²) in [7, 11) is 0. The molecule has 3 aromatic rings. The molecule has 146 valence electrons. The summed E-state index contributed by atoms with van der Waals surface area (Å²) in [6.07, 6.45) is 4.97. The molecule has 0 radical (unpaired) electrons. The first-order valence-corrected chi connectivity index (χ1v) is 10.3. The minimum Gasteiger partial charge on any atom is -0.423 e. The van der Waals surface area contributed by atoms with Crippen LogP contribution in [0.4, 0.5) is 0 Å². The molecule has 2 aromatic carbocycles. The van der Waals surface area contributed by atoms with Crippen LogP contribution in [-0.4, -0.2) is 30.4 Å². The predicted octanol–water partition coefficient (Wildman–Crippen LogP) is 2.80. The molecule has 1 saturated heterocycles. The molecular formula is C23H27N2O3+. The van der Waals surface area contributed by atoms with Gasteiger partial charge in [-0.3, -0.25) is 4.79 Å². The molecule has 0 spiro atoms. The van der Waals surface area contributed by atoms with E-state index in [-0.39, 0.29) is 5.63 Å². The van der Waals surface area contributed by atoms with Crippen molar-refractivity contribution < 1.29 is 14.5 Å². The Labute approximate surface area is 164 Å². The Morgan fingerprint density at radius 1 is 1.04 bits per heavy atom. The molecule has 5 nitrogen and oxygen atoms in total. The normalized spacial score (nSPS) is 15.3. The smallest absolute Gasteiger partial charge is 0.336 e. The molecule has 2 N–H and O–H groups in total. The zero-order valence-electron chi connectivity index (χ0n) is 16.2. The second-order valence-corrected chi connectivity index (χ2v) is 7.58. The maximum atomic E-state index is 12.1. The Balaban J connectivity index is 1.44. The summed E-state index contributed by atoms with van der Waals surface area (Å²) in [6.45, 7) is 3.38. The molecule has 0 atom stereocenters. The molecule has 1 aromatic heterocycles. The summed E-state index contributed by atoms with van der Waals surface area (Å²) >= 11 is 0. The third kappa shape index (κ3) is 4.09. The third-order valence-corrected chi connectivity index (χ3v) is 5.59. The number of amides is 1. The monoisotopic (exact) mass is 379 g/mol. The van der Waals surface area contributed by atoms with Gasteiger partial charge in [0.15, 0.2) is 0 Å². The highest BCUT2D eigenvalue weighted by molar-refractivity contribution is 6.06. The largest absolute Gasteiger partial charge is 0.423 e. The van der Waals surface area contributed by atoms with Gasteiger partial charge in [0.2, 0.25) is 5.91 Å². The summed E-state index contributed by atoms with van der Waals surface area (Å²) in [5, 5.41) is 5.50. The topological polar surface area (TPSA) is 67.1 Å². The summed E-state index contributed by atoms with van der Waals surface area (Å²) in [5.74, 6) is 0.302. The summed E-state index contributed by atoms with van der Waals surface area (Å²) in [6, 6.07) is 13.7. The fourth-order valence-corrected chi connectivity index (χ4v) is 4.14. The number of carbonyl (C=O) groups excluding carboxylic acids is 1. The number of fused-ring (bicyclic) bond motifs is 3. The van der Waals surface area contributed by atoms with Crippen LogP contribution in [0.5, 0.6) is 0 Å². The highest BCUT2D eigenvalue weighted by atomic mass is 16.4. The lowest BCUT2D eigenvalue weighted by Gasteiger charge is -2.19. The van der Waals surface area contributed by atoms with Crippen LogP contribution in [0.3, 0.4) is 0 Å². The van der Waals surface area contributed by atoms with E-state index >= 15 is 0 Å². The van der Waals surface area contributed by atoms with E-state index < -0.39 is 0 Å². The molecule has 2 heterocycles. The number of rotatable bonds is 6. The van der Waals surface area contributed by atoms with Gasteiger partial charge in [-0.1, -0.05) is 36.8 Å². The molecular weight excluding hydrogens is 352 g/mol. The standard InChI is InChI=1S/C23H26N2O3/c26-21-9-2-1-5-13-25(21)14-6-12-24-16-18-15-22(27)28-20-11-10-17-7-3-4-8-19(17)23(18)20/h3-4,7-8,10-11,15,24H,1-2,5-6,9,12-14,16H2/p+1. The van der Waals surface area contributed by atoms with Gasteiger partial charge in [0.1, 0.15) is 12.1 Å². The van der Waals surface area contributed by atoms with Crippen LogP contribution in [-0.2, 0) is 11.3 Å². The number of nitrogens with zero attached hydrogens (tertiary/aromatic N) is 1. The van der Waals surface area contributed by atoms with Crippen LogP contribution in [0.2, 0.25) is 0 Å². The first-order valence-electron chi connectivity index (χ1n) is 10.3. The van der Waals surface area contributed by atoms with Crippen LogP contribution in [0.25, 0.3) is 21.7 Å². The van der Waals surface area contributed by atoms with Crippen molar-refractivity contribution in [3.8, 4) is 0 Å². The lowest BCUT2D eigenvalue weighted by atomic mass is 10.0. The highest BCUT2D eigenvalue weighted by Gasteiger charge is 2.16. The van der Waals surface area contributed by atoms with E-state index in [2.05, 4.69) is 17.4 Å². The van der Waals surface area contributed by atoms with E-state index in [1.54, 1.807) is 6.07 Å². The van der Waals surface area contributed by atoms with Gasteiger partial charge in [0.25, 0.3) is 0 Å². The Hall–Kier alpha value is -2.66. The van der Waals surface area contributed by atoms with Crippen molar-refractivity contribution in [2.45, 2.75) is 38.6 Å². The SMILES string of the molecule is O=C1CCCCCN1CCC[NH2+]Cc1cc(=O)oc2ccc3ccccc3c12. The van der Waals surface area contributed by atoms with Crippen molar-refractivity contribution in [3.05, 3.63) is 58.4 Å². The fourth-order valence-electron chi connectivity index (χ4n) is 4.14. The number of likely N-dealkylation sites (tertiary alicyclic amines) is 1. The third-order valence-electron chi connectivity index (χ3n) is 5.59. The second kappa shape index (κ2) is 8.57. The number of hydrogen-bond donors (Lipinski definition) is 1.